The Labute approximate surface area is 183 Å². The molecule has 1 aliphatic carbocycles. The van der Waals surface area contributed by atoms with Gasteiger partial charge in [0.05, 0.1) is 11.8 Å². The Morgan fingerprint density at radius 2 is 2.00 bits per heavy atom. The van der Waals surface area contributed by atoms with E-state index in [0.29, 0.717) is 35.0 Å². The van der Waals surface area contributed by atoms with E-state index in [-0.39, 0.29) is 5.91 Å². The van der Waals surface area contributed by atoms with E-state index in [1.165, 1.54) is 48.9 Å². The van der Waals surface area contributed by atoms with Crippen molar-refractivity contribution in [3.8, 4) is 0 Å². The Balaban J connectivity index is 1.40. The number of furan rings is 1. The van der Waals surface area contributed by atoms with E-state index in [0.717, 1.165) is 18.7 Å². The first-order valence-electron chi connectivity index (χ1n) is 11.6. The van der Waals surface area contributed by atoms with Gasteiger partial charge in [-0.2, -0.15) is 5.10 Å². The maximum atomic E-state index is 12.5. The van der Waals surface area contributed by atoms with Gasteiger partial charge in [-0.1, -0.05) is 0 Å². The highest BCUT2D eigenvalue weighted by Gasteiger charge is 2.33. The van der Waals surface area contributed by atoms with E-state index in [9.17, 15) is 4.79 Å². The minimum Gasteiger partial charge on any atom is -0.463 e. The molecule has 0 radical (unpaired) electrons. The van der Waals surface area contributed by atoms with E-state index in [1.807, 2.05) is 18.2 Å². The lowest BCUT2D eigenvalue weighted by molar-refractivity contribution is -0.116. The summed E-state index contributed by atoms with van der Waals surface area (Å²) in [5, 5.41) is 4.20. The molecule has 0 aromatic carbocycles. The molecule has 6 heteroatoms. The Hall–Kier alpha value is -2.60. The quantitative estimate of drug-likeness (QED) is 0.647. The van der Waals surface area contributed by atoms with Crippen molar-refractivity contribution >= 4 is 17.7 Å². The summed E-state index contributed by atoms with van der Waals surface area (Å²) in [5.41, 5.74) is 8.86. The number of nitrogens with one attached hydrogen (secondary N) is 2. The van der Waals surface area contributed by atoms with Crippen LogP contribution in [0, 0.1) is 6.92 Å². The number of likely N-dealkylation sites (tertiary alicyclic amines) is 1. The van der Waals surface area contributed by atoms with E-state index in [1.54, 1.807) is 6.26 Å². The zero-order chi connectivity index (χ0) is 21.5. The molecule has 1 amide bonds. The lowest BCUT2D eigenvalue weighted by atomic mass is 9.98. The van der Waals surface area contributed by atoms with E-state index in [4.69, 9.17) is 4.42 Å². The molecule has 2 unspecified atom stereocenters. The van der Waals surface area contributed by atoms with Gasteiger partial charge in [0, 0.05) is 23.5 Å². The zero-order valence-corrected chi connectivity index (χ0v) is 18.7. The first-order valence-corrected chi connectivity index (χ1v) is 11.6. The molecule has 2 aliphatic heterocycles. The molecule has 2 aromatic heterocycles. The lowest BCUT2D eigenvalue weighted by Gasteiger charge is -2.25. The Bertz CT molecular complexity index is 1020. The fourth-order valence-corrected chi connectivity index (χ4v) is 5.33. The van der Waals surface area contributed by atoms with Gasteiger partial charge in [-0.05, 0) is 101 Å². The predicted octanol–water partition coefficient (Wildman–Crippen LogP) is 4.52. The summed E-state index contributed by atoms with van der Waals surface area (Å²) < 4.78 is 5.49. The first-order chi connectivity index (χ1) is 15.0. The number of nitrogens with zero attached hydrogens (tertiary/aromatic N) is 2. The van der Waals surface area contributed by atoms with Crippen molar-refractivity contribution in [1.29, 1.82) is 0 Å². The molecule has 1 saturated heterocycles. The van der Waals surface area contributed by atoms with Crippen LogP contribution < -0.4 is 5.43 Å². The fourth-order valence-electron chi connectivity index (χ4n) is 5.33. The van der Waals surface area contributed by atoms with Crippen LogP contribution in [0.5, 0.6) is 0 Å². The van der Waals surface area contributed by atoms with Gasteiger partial charge in [-0.25, -0.2) is 5.43 Å². The molecule has 4 heterocycles. The minimum absolute atomic E-state index is 0.182. The third kappa shape index (κ3) is 3.89. The molecule has 1 saturated carbocycles. The number of aryl methyl sites for hydroxylation is 1. The van der Waals surface area contributed by atoms with Crippen LogP contribution in [0.15, 0.2) is 33.5 Å². The zero-order valence-electron chi connectivity index (χ0n) is 18.7. The van der Waals surface area contributed by atoms with Gasteiger partial charge in [0.1, 0.15) is 5.71 Å². The normalized spacial score (nSPS) is 25.5. The summed E-state index contributed by atoms with van der Waals surface area (Å²) in [5.74, 6) is 1.03. The first kappa shape index (κ1) is 20.3. The molecular weight excluding hydrogens is 388 g/mol. The molecule has 6 nitrogen and oxygen atoms in total. The maximum Gasteiger partial charge on any atom is 0.273 e. The van der Waals surface area contributed by atoms with Crippen molar-refractivity contribution in [1.82, 2.24) is 15.3 Å². The highest BCUT2D eigenvalue weighted by atomic mass is 16.3. The molecule has 5 rings (SSSR count). The molecule has 2 N–H and O–H groups in total. The number of hydrogen-bond donors (Lipinski definition) is 2. The number of H-pyrrole nitrogens is 1. The van der Waals surface area contributed by atoms with Crippen LogP contribution in [0.4, 0.5) is 0 Å². The number of carbonyl (C=O) groups excluding carboxylic acids is 1. The second-order valence-corrected chi connectivity index (χ2v) is 9.38. The van der Waals surface area contributed by atoms with Crippen LogP contribution in [-0.4, -0.2) is 40.1 Å². The van der Waals surface area contributed by atoms with Crippen LogP contribution in [0.25, 0.3) is 6.08 Å². The molecule has 2 atom stereocenters. The van der Waals surface area contributed by atoms with Gasteiger partial charge in [-0.3, -0.25) is 9.69 Å². The van der Waals surface area contributed by atoms with Crippen LogP contribution in [0.3, 0.4) is 0 Å². The summed E-state index contributed by atoms with van der Waals surface area (Å²) in [4.78, 5) is 18.7. The number of amides is 1. The summed E-state index contributed by atoms with van der Waals surface area (Å²) in [7, 11) is 0. The number of carbonyl (C=O) groups is 1. The largest absolute Gasteiger partial charge is 0.463 e. The van der Waals surface area contributed by atoms with Gasteiger partial charge >= 0.3 is 0 Å². The molecule has 164 valence electrons. The molecule has 0 bridgehead atoms. The lowest BCUT2D eigenvalue weighted by Crippen LogP contribution is -2.33. The summed E-state index contributed by atoms with van der Waals surface area (Å²) in [6.45, 7) is 8.04. The number of hydrazone groups is 1. The second-order valence-electron chi connectivity index (χ2n) is 9.38. The van der Waals surface area contributed by atoms with Crippen molar-refractivity contribution in [2.24, 2.45) is 5.10 Å². The number of hydrogen-bond acceptors (Lipinski definition) is 4. The molecule has 31 heavy (non-hydrogen) atoms. The maximum absolute atomic E-state index is 12.5. The van der Waals surface area contributed by atoms with Gasteiger partial charge in [0.2, 0.25) is 0 Å². The van der Waals surface area contributed by atoms with Crippen LogP contribution in [0.1, 0.15) is 80.1 Å². The van der Waals surface area contributed by atoms with Crippen molar-refractivity contribution in [2.45, 2.75) is 77.3 Å². The molecule has 3 aliphatic rings. The molecular formula is C25H32N4O2. The number of aromatic amines is 1. The Kier molecular flexibility index (Phi) is 5.34. The average molecular weight is 421 g/mol. The minimum atomic E-state index is -0.182. The average Bonchev–Trinajstić information content (AvgIpc) is 3.03. The van der Waals surface area contributed by atoms with Crippen LogP contribution >= 0.6 is 0 Å². The van der Waals surface area contributed by atoms with E-state index < -0.39 is 0 Å². The predicted molar refractivity (Wildman–Crippen MR) is 122 cm³/mol. The van der Waals surface area contributed by atoms with Gasteiger partial charge < -0.3 is 9.40 Å². The van der Waals surface area contributed by atoms with Crippen molar-refractivity contribution < 1.29 is 9.21 Å². The number of rotatable bonds is 7. The standard InChI is InChI=1S/C25H32N4O2/c1-15-8-9-16(2)29(15)12-4-6-19-17(3)26-21(23(19)18-10-11-18)14-20-24(27-28-25(20)30)22-7-5-13-31-22/h5,7,13-16,18,26H,4,6,8-12H2,1-3H3,(H,28,30). The molecule has 0 spiro atoms. The third-order valence-corrected chi connectivity index (χ3v) is 7.17. The van der Waals surface area contributed by atoms with Crippen LogP contribution in [-0.2, 0) is 11.2 Å². The van der Waals surface area contributed by atoms with Crippen molar-refractivity contribution in [3.05, 3.63) is 52.2 Å². The van der Waals surface area contributed by atoms with Crippen LogP contribution in [0.2, 0.25) is 0 Å². The smallest absolute Gasteiger partial charge is 0.273 e. The van der Waals surface area contributed by atoms with E-state index in [2.05, 4.69) is 41.2 Å². The van der Waals surface area contributed by atoms with Crippen molar-refractivity contribution in [2.75, 3.05) is 6.54 Å². The van der Waals surface area contributed by atoms with E-state index >= 15 is 0 Å². The third-order valence-electron chi connectivity index (χ3n) is 7.17. The number of aromatic nitrogens is 1. The fraction of sp³-hybridized carbons (Fsp3) is 0.520. The van der Waals surface area contributed by atoms with Crippen molar-refractivity contribution in [3.63, 3.8) is 0 Å². The topological polar surface area (TPSA) is 73.6 Å². The second kappa shape index (κ2) is 8.15. The highest BCUT2D eigenvalue weighted by molar-refractivity contribution is 6.32. The Morgan fingerprint density at radius 3 is 2.68 bits per heavy atom. The van der Waals surface area contributed by atoms with Gasteiger partial charge in [0.25, 0.3) is 5.91 Å². The SMILES string of the molecule is Cc1[nH]c(C=C2C(=O)NN=C2c2ccco2)c(C2CC2)c1CCCN1C(C)CCC1C. The Morgan fingerprint density at radius 1 is 1.23 bits per heavy atom. The monoisotopic (exact) mass is 420 g/mol. The summed E-state index contributed by atoms with van der Waals surface area (Å²) >= 11 is 0. The summed E-state index contributed by atoms with van der Waals surface area (Å²) in [6.07, 6.45) is 10.9. The highest BCUT2D eigenvalue weighted by Crippen LogP contribution is 2.45. The molecule has 2 fully saturated rings. The van der Waals surface area contributed by atoms with Gasteiger partial charge in [0.15, 0.2) is 5.76 Å². The summed E-state index contributed by atoms with van der Waals surface area (Å²) in [6, 6.07) is 5.05. The van der Waals surface area contributed by atoms with Gasteiger partial charge in [-0.15, -0.1) is 0 Å². The molecule has 2 aromatic rings.